The van der Waals surface area contributed by atoms with Gasteiger partial charge in [0.2, 0.25) is 0 Å². The van der Waals surface area contributed by atoms with Crippen molar-refractivity contribution < 1.29 is 9.53 Å². The first-order chi connectivity index (χ1) is 10.4. The van der Waals surface area contributed by atoms with Crippen LogP contribution in [0.3, 0.4) is 0 Å². The van der Waals surface area contributed by atoms with E-state index in [0.717, 1.165) is 0 Å². The fraction of sp³-hybridized carbons (Fsp3) is 0.0714. The number of hydrogen-bond acceptors (Lipinski definition) is 5. The number of methoxy groups -OCH3 is 1. The predicted molar refractivity (Wildman–Crippen MR) is 83.7 cm³/mol. The Morgan fingerprint density at radius 1 is 1.41 bits per heavy atom. The van der Waals surface area contributed by atoms with Crippen LogP contribution < -0.4 is 5.73 Å². The number of anilines is 1. The van der Waals surface area contributed by atoms with Gasteiger partial charge < -0.3 is 15.0 Å². The molecule has 110 valence electrons. The number of nitrogens with two attached hydrogens (primary N) is 1. The van der Waals surface area contributed by atoms with E-state index >= 15 is 0 Å². The number of rotatable bonds is 2. The van der Waals surface area contributed by atoms with Crippen LogP contribution in [0.2, 0.25) is 5.02 Å². The van der Waals surface area contributed by atoms with Crippen LogP contribution in [0.25, 0.3) is 5.69 Å². The molecule has 2 rings (SSSR count). The third-order valence-electron chi connectivity index (χ3n) is 2.93. The van der Waals surface area contributed by atoms with Gasteiger partial charge in [-0.25, -0.2) is 4.79 Å². The van der Waals surface area contributed by atoms with Crippen molar-refractivity contribution in [1.29, 1.82) is 10.5 Å². The highest BCUT2D eigenvalue weighted by Crippen LogP contribution is 2.34. The Bertz CT molecular complexity index is 838. The van der Waals surface area contributed by atoms with E-state index in [2.05, 4.69) is 15.9 Å². The number of nitrogens with zero attached hydrogens (tertiary/aromatic N) is 3. The normalized spacial score (nSPS) is 9.86. The average molecular weight is 380 g/mol. The second-order valence-corrected chi connectivity index (χ2v) is 5.44. The summed E-state index contributed by atoms with van der Waals surface area (Å²) in [6, 6.07) is 6.87. The average Bonchev–Trinajstić information content (AvgIpc) is 2.82. The van der Waals surface area contributed by atoms with Crippen molar-refractivity contribution in [1.82, 2.24) is 4.57 Å². The summed E-state index contributed by atoms with van der Waals surface area (Å²) in [7, 11) is 1.21. The molecule has 8 heteroatoms. The van der Waals surface area contributed by atoms with Crippen LogP contribution in [0.15, 0.2) is 22.8 Å². The molecule has 0 saturated carbocycles. The van der Waals surface area contributed by atoms with Gasteiger partial charge in [-0.1, -0.05) is 11.6 Å². The first-order valence-electron chi connectivity index (χ1n) is 5.83. The zero-order valence-corrected chi connectivity index (χ0v) is 13.6. The number of aromatic nitrogens is 1. The smallest absolute Gasteiger partial charge is 0.357 e. The first-order valence-corrected chi connectivity index (χ1v) is 7.00. The Morgan fingerprint density at radius 2 is 2.09 bits per heavy atom. The van der Waals surface area contributed by atoms with Gasteiger partial charge in [0, 0.05) is 10.7 Å². The predicted octanol–water partition coefficient (Wildman–Crippen LogP) is 3.01. The maximum absolute atomic E-state index is 12.0. The molecule has 0 unspecified atom stereocenters. The summed E-state index contributed by atoms with van der Waals surface area (Å²) in [6.07, 6.45) is 1.39. The van der Waals surface area contributed by atoms with Crippen LogP contribution in [0, 0.1) is 22.7 Å². The van der Waals surface area contributed by atoms with E-state index in [0.29, 0.717) is 15.7 Å². The summed E-state index contributed by atoms with van der Waals surface area (Å²) < 4.78 is 6.54. The molecule has 0 radical (unpaired) electrons. The van der Waals surface area contributed by atoms with E-state index in [4.69, 9.17) is 32.6 Å². The van der Waals surface area contributed by atoms with Crippen LogP contribution in [-0.4, -0.2) is 17.6 Å². The van der Waals surface area contributed by atoms with Crippen LogP contribution in [0.4, 0.5) is 5.69 Å². The molecule has 0 atom stereocenters. The molecule has 0 spiro atoms. The van der Waals surface area contributed by atoms with Gasteiger partial charge in [0.1, 0.15) is 6.07 Å². The highest BCUT2D eigenvalue weighted by Gasteiger charge is 2.24. The molecule has 1 aromatic carbocycles. The van der Waals surface area contributed by atoms with Gasteiger partial charge in [-0.05, 0) is 28.1 Å². The molecule has 0 saturated heterocycles. The topological polar surface area (TPSA) is 105 Å². The number of esters is 1. The lowest BCUT2D eigenvalue weighted by molar-refractivity contribution is 0.0593. The van der Waals surface area contributed by atoms with Crippen molar-refractivity contribution in [3.8, 4) is 17.8 Å². The van der Waals surface area contributed by atoms with Gasteiger partial charge in [-0.15, -0.1) is 0 Å². The molecule has 0 aliphatic carbocycles. The summed E-state index contributed by atoms with van der Waals surface area (Å²) in [5, 5.41) is 18.3. The molecule has 1 heterocycles. The number of carbonyl (C=O) groups excluding carboxylic acids is 1. The molecule has 0 fully saturated rings. The Labute approximate surface area is 139 Å². The van der Waals surface area contributed by atoms with E-state index in [1.807, 2.05) is 12.1 Å². The Balaban J connectivity index is 2.82. The molecule has 1 aromatic heterocycles. The zero-order chi connectivity index (χ0) is 16.4. The van der Waals surface area contributed by atoms with E-state index in [1.54, 1.807) is 6.07 Å². The molecule has 2 N–H and O–H groups in total. The van der Waals surface area contributed by atoms with Crippen molar-refractivity contribution >= 4 is 39.2 Å². The van der Waals surface area contributed by atoms with Crippen LogP contribution in [-0.2, 0) is 4.74 Å². The minimum absolute atomic E-state index is 0.00155. The van der Waals surface area contributed by atoms with Gasteiger partial charge >= 0.3 is 5.97 Å². The summed E-state index contributed by atoms with van der Waals surface area (Å²) in [4.78, 5) is 12.0. The van der Waals surface area contributed by atoms with E-state index < -0.39 is 5.97 Å². The van der Waals surface area contributed by atoms with E-state index in [9.17, 15) is 4.79 Å². The Hall–Kier alpha value is -2.48. The second-order valence-electron chi connectivity index (χ2n) is 4.18. The number of halogens is 2. The Kier molecular flexibility index (Phi) is 4.41. The third-order valence-corrected chi connectivity index (χ3v) is 3.82. The number of carbonyl (C=O) groups is 1. The number of ether oxygens (including phenoxy) is 1. The lowest BCUT2D eigenvalue weighted by Gasteiger charge is -2.12. The lowest BCUT2D eigenvalue weighted by Crippen LogP contribution is -2.11. The first kappa shape index (κ1) is 15.9. The molecule has 6 nitrogen and oxygen atoms in total. The maximum atomic E-state index is 12.0. The van der Waals surface area contributed by atoms with Gasteiger partial charge in [-0.2, -0.15) is 10.5 Å². The number of hydrogen-bond donors (Lipinski definition) is 1. The molecule has 0 aliphatic rings. The van der Waals surface area contributed by atoms with Crippen molar-refractivity contribution in [2.45, 2.75) is 0 Å². The van der Waals surface area contributed by atoms with Crippen molar-refractivity contribution in [3.05, 3.63) is 44.6 Å². The van der Waals surface area contributed by atoms with Gasteiger partial charge in [0.05, 0.1) is 40.7 Å². The fourth-order valence-electron chi connectivity index (χ4n) is 1.95. The summed E-state index contributed by atoms with van der Waals surface area (Å²) in [5.41, 5.74) is 6.67. The second kappa shape index (κ2) is 6.10. The number of nitriles is 2. The van der Waals surface area contributed by atoms with Crippen molar-refractivity contribution in [2.75, 3.05) is 12.8 Å². The van der Waals surface area contributed by atoms with Crippen molar-refractivity contribution in [3.63, 3.8) is 0 Å². The quantitative estimate of drug-likeness (QED) is 0.808. The highest BCUT2D eigenvalue weighted by atomic mass is 79.9. The minimum Gasteiger partial charge on any atom is -0.464 e. The molecule has 0 amide bonds. The molecule has 0 aliphatic heterocycles. The zero-order valence-electron chi connectivity index (χ0n) is 11.2. The summed E-state index contributed by atoms with van der Waals surface area (Å²) in [6.45, 7) is 0. The van der Waals surface area contributed by atoms with Crippen molar-refractivity contribution in [2.24, 2.45) is 0 Å². The summed E-state index contributed by atoms with van der Waals surface area (Å²) in [5.74, 6) is -0.702. The fourth-order valence-corrected chi connectivity index (χ4v) is 3.03. The van der Waals surface area contributed by atoms with E-state index in [1.165, 1.54) is 23.9 Å². The highest BCUT2D eigenvalue weighted by molar-refractivity contribution is 9.10. The van der Waals surface area contributed by atoms with Gasteiger partial charge in [0.25, 0.3) is 0 Å². The minimum atomic E-state index is -0.702. The maximum Gasteiger partial charge on any atom is 0.357 e. The lowest BCUT2D eigenvalue weighted by atomic mass is 10.2. The standard InChI is InChI=1S/C14H8BrClN4O2/c1-22-14(21)13-11(19)8(5-18)6-20(13)12-9(15)2-7(4-17)3-10(12)16/h2-3,6H,19H2,1H3. The van der Waals surface area contributed by atoms with Gasteiger partial charge in [0.15, 0.2) is 5.69 Å². The summed E-state index contributed by atoms with van der Waals surface area (Å²) >= 11 is 9.50. The SMILES string of the molecule is COC(=O)c1c(N)c(C#N)cn1-c1c(Cl)cc(C#N)cc1Br. The molecular formula is C14H8BrClN4O2. The molecule has 0 bridgehead atoms. The largest absolute Gasteiger partial charge is 0.464 e. The van der Waals surface area contributed by atoms with Gasteiger partial charge in [-0.3, -0.25) is 0 Å². The molecular weight excluding hydrogens is 372 g/mol. The monoisotopic (exact) mass is 378 g/mol. The van der Waals surface area contributed by atoms with Crippen LogP contribution in [0.1, 0.15) is 21.6 Å². The van der Waals surface area contributed by atoms with Crippen LogP contribution >= 0.6 is 27.5 Å². The van der Waals surface area contributed by atoms with Crippen LogP contribution in [0.5, 0.6) is 0 Å². The molecule has 22 heavy (non-hydrogen) atoms. The van der Waals surface area contributed by atoms with E-state index in [-0.39, 0.29) is 22.0 Å². The number of nitrogen functional groups attached to an aromatic ring is 1. The molecule has 2 aromatic rings. The Morgan fingerprint density at radius 3 is 2.59 bits per heavy atom. The third kappa shape index (κ3) is 2.52. The number of benzene rings is 1.